The maximum atomic E-state index is 12.7. The van der Waals surface area contributed by atoms with E-state index < -0.39 is 0 Å². The second kappa shape index (κ2) is 7.82. The normalized spacial score (nSPS) is 11.6. The van der Waals surface area contributed by atoms with Crippen LogP contribution < -0.4 is 15.7 Å². The number of methoxy groups -OCH3 is 1. The second-order valence-electron chi connectivity index (χ2n) is 5.75. The Balaban J connectivity index is 1.98. The molecule has 1 N–H and O–H groups in total. The zero-order chi connectivity index (χ0) is 18.5. The van der Waals surface area contributed by atoms with Crippen LogP contribution in [-0.4, -0.2) is 22.4 Å². The van der Waals surface area contributed by atoms with E-state index in [0.717, 1.165) is 23.4 Å². The molecule has 2 aromatic carbocycles. The Morgan fingerprint density at radius 3 is 2.54 bits per heavy atom. The highest BCUT2D eigenvalue weighted by Crippen LogP contribution is 2.15. The van der Waals surface area contributed by atoms with Crippen LogP contribution in [0, 0.1) is 0 Å². The van der Waals surface area contributed by atoms with Gasteiger partial charge in [0.1, 0.15) is 5.75 Å². The fourth-order valence-electron chi connectivity index (χ4n) is 2.80. The van der Waals surface area contributed by atoms with Crippen LogP contribution in [0.2, 0.25) is 0 Å². The van der Waals surface area contributed by atoms with Crippen LogP contribution in [0.4, 0.5) is 5.95 Å². The van der Waals surface area contributed by atoms with E-state index in [1.165, 1.54) is 0 Å². The minimum absolute atomic E-state index is 0.0710. The van der Waals surface area contributed by atoms with Crippen LogP contribution in [0.1, 0.15) is 25.8 Å². The highest BCUT2D eigenvalue weighted by Gasteiger charge is 2.09. The number of nitrogens with zero attached hydrogens (tertiary/aromatic N) is 3. The molecule has 0 unspecified atom stereocenters. The molecule has 3 rings (SSSR count). The number of rotatable bonds is 6. The van der Waals surface area contributed by atoms with Gasteiger partial charge in [-0.25, -0.2) is 10.4 Å². The maximum absolute atomic E-state index is 12.7. The molecule has 0 aliphatic heterocycles. The van der Waals surface area contributed by atoms with Crippen molar-refractivity contribution in [1.82, 2.24) is 9.55 Å². The molecule has 1 aromatic heterocycles. The number of para-hydroxylation sites is 1. The van der Waals surface area contributed by atoms with Crippen molar-refractivity contribution in [1.29, 1.82) is 0 Å². The molecule has 0 aliphatic rings. The molecule has 0 radical (unpaired) electrons. The molecule has 0 aliphatic carbocycles. The lowest BCUT2D eigenvalue weighted by molar-refractivity contribution is 0.415. The molecule has 0 amide bonds. The van der Waals surface area contributed by atoms with Crippen LogP contribution >= 0.6 is 0 Å². The molecule has 6 heteroatoms. The largest absolute Gasteiger partial charge is 0.497 e. The lowest BCUT2D eigenvalue weighted by Crippen LogP contribution is -2.23. The summed E-state index contributed by atoms with van der Waals surface area (Å²) in [5, 5.41) is 5.10. The summed E-state index contributed by atoms with van der Waals surface area (Å²) >= 11 is 0. The molecule has 26 heavy (non-hydrogen) atoms. The van der Waals surface area contributed by atoms with Crippen molar-refractivity contribution in [3.8, 4) is 5.75 Å². The van der Waals surface area contributed by atoms with E-state index in [0.29, 0.717) is 23.4 Å². The Morgan fingerprint density at radius 1 is 1.15 bits per heavy atom. The molecule has 0 fully saturated rings. The van der Waals surface area contributed by atoms with Gasteiger partial charge in [-0.05, 0) is 55.3 Å². The van der Waals surface area contributed by atoms with E-state index in [4.69, 9.17) is 4.74 Å². The van der Waals surface area contributed by atoms with Crippen molar-refractivity contribution >= 4 is 22.6 Å². The number of benzene rings is 2. The topological polar surface area (TPSA) is 68.5 Å². The fourth-order valence-corrected chi connectivity index (χ4v) is 2.80. The van der Waals surface area contributed by atoms with Gasteiger partial charge in [0.25, 0.3) is 5.56 Å². The summed E-state index contributed by atoms with van der Waals surface area (Å²) in [5.74, 6) is 1.24. The van der Waals surface area contributed by atoms with Crippen molar-refractivity contribution in [2.75, 3.05) is 12.5 Å². The van der Waals surface area contributed by atoms with Crippen LogP contribution in [-0.2, 0) is 6.54 Å². The fraction of sp³-hybridized carbons (Fsp3) is 0.250. The van der Waals surface area contributed by atoms with Gasteiger partial charge in [-0.3, -0.25) is 9.36 Å². The summed E-state index contributed by atoms with van der Waals surface area (Å²) in [7, 11) is 1.64. The van der Waals surface area contributed by atoms with Gasteiger partial charge in [-0.2, -0.15) is 5.10 Å². The summed E-state index contributed by atoms with van der Waals surface area (Å²) < 4.78 is 6.78. The Hall–Kier alpha value is -3.15. The van der Waals surface area contributed by atoms with Gasteiger partial charge in [-0.1, -0.05) is 19.1 Å². The third-order valence-electron chi connectivity index (χ3n) is 4.23. The van der Waals surface area contributed by atoms with Crippen LogP contribution in [0.15, 0.2) is 58.4 Å². The van der Waals surface area contributed by atoms with Crippen molar-refractivity contribution in [2.24, 2.45) is 5.10 Å². The zero-order valence-corrected chi connectivity index (χ0v) is 15.2. The maximum Gasteiger partial charge on any atom is 0.262 e. The average molecular weight is 350 g/mol. The molecule has 0 saturated heterocycles. The molecule has 3 aromatic rings. The molecule has 0 spiro atoms. The Bertz CT molecular complexity index is 991. The van der Waals surface area contributed by atoms with E-state index in [1.54, 1.807) is 17.7 Å². The van der Waals surface area contributed by atoms with Crippen molar-refractivity contribution in [2.45, 2.75) is 26.8 Å². The first-order valence-corrected chi connectivity index (χ1v) is 8.64. The first-order chi connectivity index (χ1) is 12.7. The number of aromatic nitrogens is 2. The van der Waals surface area contributed by atoms with E-state index >= 15 is 0 Å². The van der Waals surface area contributed by atoms with Gasteiger partial charge in [0.05, 0.1) is 23.7 Å². The number of anilines is 1. The van der Waals surface area contributed by atoms with Crippen molar-refractivity contribution in [3.05, 3.63) is 64.4 Å². The summed E-state index contributed by atoms with van der Waals surface area (Å²) in [6.45, 7) is 4.46. The molecule has 0 saturated carbocycles. The van der Waals surface area contributed by atoms with Gasteiger partial charge in [0.15, 0.2) is 0 Å². The third-order valence-corrected chi connectivity index (χ3v) is 4.23. The average Bonchev–Trinajstić information content (AvgIpc) is 2.69. The van der Waals surface area contributed by atoms with E-state index in [2.05, 4.69) is 15.5 Å². The first-order valence-electron chi connectivity index (χ1n) is 8.64. The monoisotopic (exact) mass is 350 g/mol. The SMILES string of the molecule is CC/C(=N/Nc1nc2ccccc2c(=O)n1CC)c1ccc(OC)cc1. The van der Waals surface area contributed by atoms with Gasteiger partial charge in [0, 0.05) is 6.54 Å². The predicted molar refractivity (Wildman–Crippen MR) is 105 cm³/mol. The van der Waals surface area contributed by atoms with Gasteiger partial charge < -0.3 is 4.74 Å². The number of ether oxygens (including phenoxy) is 1. The lowest BCUT2D eigenvalue weighted by atomic mass is 10.1. The van der Waals surface area contributed by atoms with Crippen LogP contribution in [0.25, 0.3) is 10.9 Å². The highest BCUT2D eigenvalue weighted by atomic mass is 16.5. The van der Waals surface area contributed by atoms with Crippen molar-refractivity contribution in [3.63, 3.8) is 0 Å². The second-order valence-corrected chi connectivity index (χ2v) is 5.75. The summed E-state index contributed by atoms with van der Waals surface area (Å²) in [6, 6.07) is 15.1. The van der Waals surface area contributed by atoms with E-state index in [1.807, 2.05) is 56.3 Å². The number of nitrogens with one attached hydrogen (secondary N) is 1. The number of hydrazone groups is 1. The van der Waals surface area contributed by atoms with Crippen molar-refractivity contribution < 1.29 is 4.74 Å². The molecule has 134 valence electrons. The van der Waals surface area contributed by atoms with Crippen LogP contribution in [0.5, 0.6) is 5.75 Å². The standard InChI is InChI=1S/C20H22N4O2/c1-4-17(14-10-12-15(26-3)13-11-14)22-23-20-21-18-9-7-6-8-16(18)19(25)24(20)5-2/h6-13H,4-5H2,1-3H3,(H,21,23)/b22-17-. The van der Waals surface area contributed by atoms with E-state index in [9.17, 15) is 4.79 Å². The smallest absolute Gasteiger partial charge is 0.262 e. The molecule has 1 heterocycles. The van der Waals surface area contributed by atoms with Crippen LogP contribution in [0.3, 0.4) is 0 Å². The lowest BCUT2D eigenvalue weighted by Gasteiger charge is -2.12. The minimum atomic E-state index is -0.0710. The Labute approximate surface area is 152 Å². The molecular formula is C20H22N4O2. The Morgan fingerprint density at radius 2 is 1.88 bits per heavy atom. The summed E-state index contributed by atoms with van der Waals surface area (Å²) in [5.41, 5.74) is 5.43. The van der Waals surface area contributed by atoms with Gasteiger partial charge in [0.2, 0.25) is 5.95 Å². The number of hydrogen-bond acceptors (Lipinski definition) is 5. The molecule has 0 bridgehead atoms. The minimum Gasteiger partial charge on any atom is -0.497 e. The molecule has 6 nitrogen and oxygen atoms in total. The Kier molecular flexibility index (Phi) is 5.31. The van der Waals surface area contributed by atoms with E-state index in [-0.39, 0.29) is 5.56 Å². The molecular weight excluding hydrogens is 328 g/mol. The highest BCUT2D eigenvalue weighted by molar-refractivity contribution is 6.00. The third kappa shape index (κ3) is 3.44. The predicted octanol–water partition coefficient (Wildman–Crippen LogP) is 3.65. The number of hydrogen-bond donors (Lipinski definition) is 1. The number of fused-ring (bicyclic) bond motifs is 1. The van der Waals surface area contributed by atoms with Gasteiger partial charge >= 0.3 is 0 Å². The summed E-state index contributed by atoms with van der Waals surface area (Å²) in [4.78, 5) is 17.2. The van der Waals surface area contributed by atoms with Gasteiger partial charge in [-0.15, -0.1) is 0 Å². The molecule has 0 atom stereocenters. The summed E-state index contributed by atoms with van der Waals surface area (Å²) in [6.07, 6.45) is 0.739. The quantitative estimate of drug-likeness (QED) is 0.544. The zero-order valence-electron chi connectivity index (χ0n) is 15.2. The first kappa shape index (κ1) is 17.7.